The van der Waals surface area contributed by atoms with E-state index in [0.29, 0.717) is 43.1 Å². The second kappa shape index (κ2) is 9.93. The van der Waals surface area contributed by atoms with Crippen LogP contribution in [0.5, 0.6) is 11.6 Å². The number of ketones is 1. The third kappa shape index (κ3) is 4.22. The van der Waals surface area contributed by atoms with E-state index in [1.807, 2.05) is 37.4 Å². The molecule has 6 rings (SSSR count). The Bertz CT molecular complexity index is 1640. The van der Waals surface area contributed by atoms with Gasteiger partial charge in [-0.05, 0) is 62.7 Å². The molecule has 1 amide bonds. The number of amides is 1. The lowest BCUT2D eigenvalue weighted by molar-refractivity contribution is -0.124. The van der Waals surface area contributed by atoms with E-state index in [0.717, 1.165) is 25.9 Å². The fourth-order valence-electron chi connectivity index (χ4n) is 5.84. The predicted octanol–water partition coefficient (Wildman–Crippen LogP) is 2.98. The highest BCUT2D eigenvalue weighted by Crippen LogP contribution is 2.49. The van der Waals surface area contributed by atoms with Crippen LogP contribution in [0, 0.1) is 6.92 Å². The summed E-state index contributed by atoms with van der Waals surface area (Å²) in [5.74, 6) is 0.156. The number of hydrogen-bond acceptors (Lipinski definition) is 10. The molecule has 40 heavy (non-hydrogen) atoms. The monoisotopic (exact) mass is 557 g/mol. The van der Waals surface area contributed by atoms with Gasteiger partial charge >= 0.3 is 0 Å². The number of carbonyl (C=O) groups excluding carboxylic acids is 2. The van der Waals surface area contributed by atoms with Crippen molar-refractivity contribution in [3.8, 4) is 11.6 Å². The van der Waals surface area contributed by atoms with Gasteiger partial charge in [0.15, 0.2) is 5.78 Å². The number of likely N-dealkylation sites (N-methyl/N-ethyl adjacent to an activating group) is 1. The SMILES string of the molecule is Cc1cc(Oc2ccccc2)nnc1C1(N)C(=O)C(N)c2c(C(=O)NC3CCCN(C)C3)sc3c(N)ccc1c23. The first kappa shape index (κ1) is 26.3. The van der Waals surface area contributed by atoms with Crippen LogP contribution in [-0.2, 0) is 10.3 Å². The number of nitrogens with one attached hydrogen (secondary N) is 1. The third-order valence-corrected chi connectivity index (χ3v) is 9.03. The Balaban J connectivity index is 1.43. The van der Waals surface area contributed by atoms with Crippen LogP contribution in [0.1, 0.15) is 50.9 Å². The number of nitrogens with two attached hydrogens (primary N) is 3. The molecule has 1 aliphatic carbocycles. The fraction of sp³-hybridized carbons (Fsp3) is 0.310. The molecule has 7 N–H and O–H groups in total. The van der Waals surface area contributed by atoms with Crippen molar-refractivity contribution in [3.63, 3.8) is 0 Å². The van der Waals surface area contributed by atoms with Gasteiger partial charge in [-0.1, -0.05) is 24.3 Å². The van der Waals surface area contributed by atoms with E-state index in [2.05, 4.69) is 20.4 Å². The minimum absolute atomic E-state index is 0.0131. The van der Waals surface area contributed by atoms with Gasteiger partial charge in [-0.15, -0.1) is 21.5 Å². The molecular weight excluding hydrogens is 526 g/mol. The standard InChI is InChI=1S/C29H31N7O3S/c1-15-13-20(39-17-8-4-3-5-9-17)34-35-26(15)29(32)18-10-11-19(30)24-21(18)22(23(31)27(29)37)25(40-24)28(38)33-16-7-6-12-36(2)14-16/h3-5,8-11,13,16,23H,6-7,12,14,30-32H2,1-2H3,(H,33,38). The lowest BCUT2D eigenvalue weighted by Crippen LogP contribution is -2.53. The maximum atomic E-state index is 14.1. The van der Waals surface area contributed by atoms with Gasteiger partial charge in [-0.2, -0.15) is 0 Å². The smallest absolute Gasteiger partial charge is 0.262 e. The summed E-state index contributed by atoms with van der Waals surface area (Å²) in [7, 11) is 2.04. The molecule has 2 aromatic heterocycles. The van der Waals surface area contributed by atoms with Crippen molar-refractivity contribution in [1.29, 1.82) is 0 Å². The molecule has 0 saturated carbocycles. The number of nitrogens with zero attached hydrogens (tertiary/aromatic N) is 3. The van der Waals surface area contributed by atoms with E-state index in [1.165, 1.54) is 11.3 Å². The number of aryl methyl sites for hydroxylation is 1. The average Bonchev–Trinajstić information content (AvgIpc) is 3.34. The van der Waals surface area contributed by atoms with E-state index in [4.69, 9.17) is 21.9 Å². The number of ether oxygens (including phenoxy) is 1. The Kier molecular flexibility index (Phi) is 6.54. The molecule has 2 aliphatic rings. The van der Waals surface area contributed by atoms with Gasteiger partial charge in [0.05, 0.1) is 21.3 Å². The number of thiophene rings is 1. The first-order valence-electron chi connectivity index (χ1n) is 13.2. The minimum Gasteiger partial charge on any atom is -0.438 e. The highest BCUT2D eigenvalue weighted by Gasteiger charge is 2.50. The van der Waals surface area contributed by atoms with Crippen LogP contribution >= 0.6 is 11.3 Å². The summed E-state index contributed by atoms with van der Waals surface area (Å²) < 4.78 is 6.50. The van der Waals surface area contributed by atoms with Crippen LogP contribution in [-0.4, -0.2) is 53.0 Å². The summed E-state index contributed by atoms with van der Waals surface area (Å²) in [6.07, 6.45) is 1.89. The number of likely N-dealkylation sites (tertiary alicyclic amines) is 1. The van der Waals surface area contributed by atoms with Crippen molar-refractivity contribution in [3.05, 3.63) is 75.8 Å². The van der Waals surface area contributed by atoms with Crippen molar-refractivity contribution >= 4 is 38.8 Å². The maximum Gasteiger partial charge on any atom is 0.262 e. The minimum atomic E-state index is -1.69. The molecule has 206 valence electrons. The molecule has 4 aromatic rings. The van der Waals surface area contributed by atoms with Gasteiger partial charge in [0.2, 0.25) is 5.88 Å². The number of hydrogen-bond donors (Lipinski definition) is 4. The molecule has 3 heterocycles. The fourth-order valence-corrected chi connectivity index (χ4v) is 7.04. The average molecular weight is 558 g/mol. The Labute approximate surface area is 235 Å². The van der Waals surface area contributed by atoms with Crippen molar-refractivity contribution in [2.24, 2.45) is 11.5 Å². The van der Waals surface area contributed by atoms with E-state index >= 15 is 0 Å². The van der Waals surface area contributed by atoms with Gasteiger partial charge in [0, 0.05) is 35.3 Å². The maximum absolute atomic E-state index is 14.1. The van der Waals surface area contributed by atoms with Crippen molar-refractivity contribution in [2.75, 3.05) is 25.9 Å². The molecule has 0 radical (unpaired) electrons. The zero-order chi connectivity index (χ0) is 28.2. The summed E-state index contributed by atoms with van der Waals surface area (Å²) in [5.41, 5.74) is 20.6. The number of Topliss-reactive ketones (excluding diaryl/α,β-unsaturated/α-hetero) is 1. The molecule has 1 saturated heterocycles. The number of para-hydroxylation sites is 1. The summed E-state index contributed by atoms with van der Waals surface area (Å²) in [6, 6.07) is 13.2. The van der Waals surface area contributed by atoms with Crippen molar-refractivity contribution in [1.82, 2.24) is 20.4 Å². The summed E-state index contributed by atoms with van der Waals surface area (Å²) in [5, 5.41) is 12.4. The number of nitrogen functional groups attached to an aromatic ring is 1. The quantitative estimate of drug-likeness (QED) is 0.270. The Hall–Kier alpha value is -3.90. The highest BCUT2D eigenvalue weighted by atomic mass is 32.1. The van der Waals surface area contributed by atoms with E-state index in [1.54, 1.807) is 25.1 Å². The number of anilines is 1. The van der Waals surface area contributed by atoms with E-state index in [9.17, 15) is 9.59 Å². The van der Waals surface area contributed by atoms with Crippen molar-refractivity contribution < 1.29 is 14.3 Å². The van der Waals surface area contributed by atoms with Gasteiger partial charge in [0.25, 0.3) is 5.91 Å². The molecule has 1 fully saturated rings. The molecule has 11 heteroatoms. The first-order chi connectivity index (χ1) is 19.2. The van der Waals surface area contributed by atoms with Gasteiger partial charge in [-0.3, -0.25) is 9.59 Å². The summed E-state index contributed by atoms with van der Waals surface area (Å²) >= 11 is 1.24. The molecule has 1 aliphatic heterocycles. The third-order valence-electron chi connectivity index (χ3n) is 7.78. The predicted molar refractivity (Wildman–Crippen MR) is 154 cm³/mol. The van der Waals surface area contributed by atoms with Gasteiger partial charge in [0.1, 0.15) is 11.3 Å². The number of rotatable bonds is 5. The Morgan fingerprint density at radius 1 is 1.20 bits per heavy atom. The van der Waals surface area contributed by atoms with Crippen LogP contribution in [0.4, 0.5) is 5.69 Å². The highest BCUT2D eigenvalue weighted by molar-refractivity contribution is 7.21. The molecule has 0 bridgehead atoms. The molecule has 10 nitrogen and oxygen atoms in total. The number of piperidine rings is 1. The zero-order valence-electron chi connectivity index (χ0n) is 22.3. The van der Waals surface area contributed by atoms with E-state index in [-0.39, 0.29) is 23.5 Å². The normalized spacial score (nSPS) is 22.9. The summed E-state index contributed by atoms with van der Waals surface area (Å²) in [6.45, 7) is 3.56. The molecule has 3 unspecified atom stereocenters. The largest absolute Gasteiger partial charge is 0.438 e. The lowest BCUT2D eigenvalue weighted by Gasteiger charge is -2.36. The topological polar surface area (TPSA) is 162 Å². The zero-order valence-corrected chi connectivity index (χ0v) is 23.1. The molecule has 2 aromatic carbocycles. The second-order valence-electron chi connectivity index (χ2n) is 10.6. The molecule has 3 atom stereocenters. The van der Waals surface area contributed by atoms with Crippen LogP contribution in [0.15, 0.2) is 48.5 Å². The number of carbonyl (C=O) groups is 2. The Morgan fingerprint density at radius 3 is 2.70 bits per heavy atom. The second-order valence-corrected chi connectivity index (χ2v) is 11.6. The first-order valence-corrected chi connectivity index (χ1v) is 14.0. The summed E-state index contributed by atoms with van der Waals surface area (Å²) in [4.78, 5) is 30.2. The van der Waals surface area contributed by atoms with E-state index < -0.39 is 17.4 Å². The number of benzene rings is 2. The van der Waals surface area contributed by atoms with Crippen molar-refractivity contribution in [2.45, 2.75) is 37.4 Å². The van der Waals surface area contributed by atoms with Gasteiger partial charge in [-0.25, -0.2) is 0 Å². The van der Waals surface area contributed by atoms with Crippen LogP contribution < -0.4 is 27.3 Å². The molecule has 0 spiro atoms. The Morgan fingerprint density at radius 2 is 1.98 bits per heavy atom. The van der Waals surface area contributed by atoms with Gasteiger partial charge < -0.3 is 32.2 Å². The number of aromatic nitrogens is 2. The van der Waals surface area contributed by atoms with Crippen LogP contribution in [0.25, 0.3) is 10.1 Å². The molecular formula is C29H31N7O3S. The van der Waals surface area contributed by atoms with Crippen LogP contribution in [0.3, 0.4) is 0 Å². The lowest BCUT2D eigenvalue weighted by atomic mass is 9.71. The van der Waals surface area contributed by atoms with Crippen LogP contribution in [0.2, 0.25) is 0 Å².